The second-order valence-electron chi connectivity index (χ2n) is 7.76. The Bertz CT molecular complexity index is 873. The lowest BCUT2D eigenvalue weighted by Crippen LogP contribution is -2.37. The first-order valence-corrected chi connectivity index (χ1v) is 10.6. The summed E-state index contributed by atoms with van der Waals surface area (Å²) in [7, 11) is 1.85. The van der Waals surface area contributed by atoms with Crippen molar-refractivity contribution in [3.8, 4) is 11.5 Å². The summed E-state index contributed by atoms with van der Waals surface area (Å²) in [6.45, 7) is 3.26. The quantitative estimate of drug-likeness (QED) is 0.731. The lowest BCUT2D eigenvalue weighted by Gasteiger charge is -2.27. The third-order valence-electron chi connectivity index (χ3n) is 5.59. The maximum atomic E-state index is 12.8. The lowest BCUT2D eigenvalue weighted by atomic mass is 10.0. The predicted octanol–water partition coefficient (Wildman–Crippen LogP) is 4.30. The highest BCUT2D eigenvalue weighted by atomic mass is 35.5. The predicted molar refractivity (Wildman–Crippen MR) is 114 cm³/mol. The van der Waals surface area contributed by atoms with E-state index >= 15 is 0 Å². The average molecular weight is 415 g/mol. The zero-order valence-electron chi connectivity index (χ0n) is 16.8. The van der Waals surface area contributed by atoms with Gasteiger partial charge in [0, 0.05) is 31.1 Å². The van der Waals surface area contributed by atoms with Gasteiger partial charge in [-0.1, -0.05) is 29.8 Å². The van der Waals surface area contributed by atoms with E-state index in [-0.39, 0.29) is 11.9 Å². The van der Waals surface area contributed by atoms with Crippen molar-refractivity contribution >= 4 is 17.5 Å². The minimum absolute atomic E-state index is 0.117. The molecule has 2 aliphatic rings. The summed E-state index contributed by atoms with van der Waals surface area (Å²) in [6.07, 6.45) is 3.03. The van der Waals surface area contributed by atoms with E-state index in [1.807, 2.05) is 37.4 Å². The standard InChI is InChI=1S/C23H27ClN2O3/c1-25(15-17-5-2-6-19(24)13-17)23(27)16-26-10-3-7-20(26)18-8-9-21-22(14-18)29-12-4-11-28-21/h2,5-6,8-9,13-14,20H,3-4,7,10-12,15-16H2,1H3. The van der Waals surface area contributed by atoms with E-state index in [9.17, 15) is 4.79 Å². The van der Waals surface area contributed by atoms with Crippen LogP contribution in [0.5, 0.6) is 11.5 Å². The van der Waals surface area contributed by atoms with Crippen molar-refractivity contribution in [2.75, 3.05) is 33.4 Å². The molecule has 2 aliphatic heterocycles. The molecule has 1 fully saturated rings. The molecule has 0 spiro atoms. The molecule has 2 aromatic rings. The zero-order valence-corrected chi connectivity index (χ0v) is 17.5. The van der Waals surface area contributed by atoms with Gasteiger partial charge < -0.3 is 14.4 Å². The van der Waals surface area contributed by atoms with Gasteiger partial charge in [-0.15, -0.1) is 0 Å². The molecule has 6 heteroatoms. The summed E-state index contributed by atoms with van der Waals surface area (Å²) in [5.41, 5.74) is 2.23. The number of carbonyl (C=O) groups is 1. The summed E-state index contributed by atoms with van der Waals surface area (Å²) >= 11 is 6.06. The van der Waals surface area contributed by atoms with Gasteiger partial charge in [-0.25, -0.2) is 0 Å². The van der Waals surface area contributed by atoms with Gasteiger partial charge in [0.1, 0.15) is 0 Å². The van der Waals surface area contributed by atoms with Crippen molar-refractivity contribution in [1.82, 2.24) is 9.80 Å². The fraction of sp³-hybridized carbons (Fsp3) is 0.435. The van der Waals surface area contributed by atoms with E-state index < -0.39 is 0 Å². The highest BCUT2D eigenvalue weighted by Gasteiger charge is 2.29. The molecule has 0 N–H and O–H groups in total. The number of benzene rings is 2. The zero-order chi connectivity index (χ0) is 20.2. The van der Waals surface area contributed by atoms with Crippen molar-refractivity contribution in [3.05, 3.63) is 58.6 Å². The Balaban J connectivity index is 1.42. The van der Waals surface area contributed by atoms with E-state index in [1.54, 1.807) is 4.90 Å². The number of hydrogen-bond acceptors (Lipinski definition) is 4. The number of likely N-dealkylation sites (tertiary alicyclic amines) is 1. The Kier molecular flexibility index (Phi) is 6.26. The minimum Gasteiger partial charge on any atom is -0.490 e. The first kappa shape index (κ1) is 20.0. The number of nitrogens with zero attached hydrogens (tertiary/aromatic N) is 2. The van der Waals surface area contributed by atoms with Gasteiger partial charge >= 0.3 is 0 Å². The van der Waals surface area contributed by atoms with Crippen molar-refractivity contribution in [1.29, 1.82) is 0 Å². The van der Waals surface area contributed by atoms with Crippen LogP contribution in [0, 0.1) is 0 Å². The third kappa shape index (κ3) is 4.85. The molecule has 5 nitrogen and oxygen atoms in total. The van der Waals surface area contributed by atoms with E-state index in [0.717, 1.165) is 42.9 Å². The van der Waals surface area contributed by atoms with Crippen LogP contribution in [0.3, 0.4) is 0 Å². The molecule has 1 unspecified atom stereocenters. The molecule has 0 aliphatic carbocycles. The molecular weight excluding hydrogens is 388 g/mol. The summed E-state index contributed by atoms with van der Waals surface area (Å²) in [6, 6.07) is 14.1. The van der Waals surface area contributed by atoms with Gasteiger partial charge in [0.2, 0.25) is 5.91 Å². The van der Waals surface area contributed by atoms with E-state index in [4.69, 9.17) is 21.1 Å². The largest absolute Gasteiger partial charge is 0.490 e. The van der Waals surface area contributed by atoms with Gasteiger partial charge in [0.25, 0.3) is 0 Å². The van der Waals surface area contributed by atoms with Crippen LogP contribution in [0.25, 0.3) is 0 Å². The fourth-order valence-electron chi connectivity index (χ4n) is 4.07. The third-order valence-corrected chi connectivity index (χ3v) is 5.83. The summed E-state index contributed by atoms with van der Waals surface area (Å²) in [5.74, 6) is 1.75. The molecule has 0 bridgehead atoms. The Morgan fingerprint density at radius 3 is 2.79 bits per heavy atom. The SMILES string of the molecule is CN(Cc1cccc(Cl)c1)C(=O)CN1CCCC1c1ccc2c(c1)OCCCO2. The molecule has 4 rings (SSSR count). The first-order valence-electron chi connectivity index (χ1n) is 10.2. The van der Waals surface area contributed by atoms with Crippen LogP contribution < -0.4 is 9.47 Å². The first-order chi connectivity index (χ1) is 14.1. The smallest absolute Gasteiger partial charge is 0.236 e. The second-order valence-corrected chi connectivity index (χ2v) is 8.20. The number of amides is 1. The Morgan fingerprint density at radius 2 is 1.97 bits per heavy atom. The topological polar surface area (TPSA) is 42.0 Å². The highest BCUT2D eigenvalue weighted by Crippen LogP contribution is 2.37. The fourth-order valence-corrected chi connectivity index (χ4v) is 4.28. The van der Waals surface area contributed by atoms with Crippen LogP contribution in [0.15, 0.2) is 42.5 Å². The molecule has 0 aromatic heterocycles. The van der Waals surface area contributed by atoms with Crippen LogP contribution in [0.1, 0.15) is 36.4 Å². The van der Waals surface area contributed by atoms with Gasteiger partial charge in [-0.2, -0.15) is 0 Å². The summed E-state index contributed by atoms with van der Waals surface area (Å²) < 4.78 is 11.6. The second kappa shape index (κ2) is 9.06. The molecule has 2 aromatic carbocycles. The normalized spacial score (nSPS) is 19.0. The minimum atomic E-state index is 0.117. The van der Waals surface area contributed by atoms with Crippen LogP contribution >= 0.6 is 11.6 Å². The number of ether oxygens (including phenoxy) is 2. The van der Waals surface area contributed by atoms with Crippen LogP contribution in [-0.2, 0) is 11.3 Å². The average Bonchev–Trinajstić information content (AvgIpc) is 3.03. The number of carbonyl (C=O) groups excluding carboxylic acids is 1. The van der Waals surface area contributed by atoms with Crippen LogP contribution in [0.4, 0.5) is 0 Å². The summed E-state index contributed by atoms with van der Waals surface area (Å²) in [5, 5.41) is 0.692. The van der Waals surface area contributed by atoms with Gasteiger partial charge in [0.05, 0.1) is 19.8 Å². The van der Waals surface area contributed by atoms with Crippen molar-refractivity contribution in [3.63, 3.8) is 0 Å². The molecule has 1 amide bonds. The van der Waals surface area contributed by atoms with Crippen LogP contribution in [0.2, 0.25) is 5.02 Å². The number of halogens is 1. The Labute approximate surface area is 177 Å². The number of rotatable bonds is 5. The Morgan fingerprint density at radius 1 is 1.14 bits per heavy atom. The molecular formula is C23H27ClN2O3. The number of likely N-dealkylation sites (N-methyl/N-ethyl adjacent to an activating group) is 1. The molecule has 1 saturated heterocycles. The molecule has 0 radical (unpaired) electrons. The maximum absolute atomic E-state index is 12.8. The Hall–Kier alpha value is -2.24. The highest BCUT2D eigenvalue weighted by molar-refractivity contribution is 6.30. The molecule has 154 valence electrons. The molecule has 0 saturated carbocycles. The monoisotopic (exact) mass is 414 g/mol. The van der Waals surface area contributed by atoms with Crippen molar-refractivity contribution < 1.29 is 14.3 Å². The molecule has 29 heavy (non-hydrogen) atoms. The van der Waals surface area contributed by atoms with Crippen LogP contribution in [-0.4, -0.2) is 49.1 Å². The van der Waals surface area contributed by atoms with Gasteiger partial charge in [-0.3, -0.25) is 9.69 Å². The maximum Gasteiger partial charge on any atom is 0.236 e. The lowest BCUT2D eigenvalue weighted by molar-refractivity contribution is -0.131. The number of fused-ring (bicyclic) bond motifs is 1. The number of hydrogen-bond donors (Lipinski definition) is 0. The molecule has 1 atom stereocenters. The van der Waals surface area contributed by atoms with E-state index in [1.165, 1.54) is 5.56 Å². The summed E-state index contributed by atoms with van der Waals surface area (Å²) in [4.78, 5) is 16.9. The van der Waals surface area contributed by atoms with Crippen molar-refractivity contribution in [2.24, 2.45) is 0 Å². The van der Waals surface area contributed by atoms with E-state index in [0.29, 0.717) is 31.3 Å². The van der Waals surface area contributed by atoms with Crippen molar-refractivity contribution in [2.45, 2.75) is 31.8 Å². The van der Waals surface area contributed by atoms with Gasteiger partial charge in [0.15, 0.2) is 11.5 Å². The van der Waals surface area contributed by atoms with Gasteiger partial charge in [-0.05, 0) is 54.8 Å². The van der Waals surface area contributed by atoms with E-state index in [2.05, 4.69) is 17.0 Å². The molecule has 2 heterocycles.